The standard InChI is InChI=1S/C11H19N3O2/c1-3-14-6-4-5-9(7-14)10-12-11(8(2)15)16-13-10/h8-9,15H,3-7H2,1-2H3. The van der Waals surface area contributed by atoms with E-state index in [4.69, 9.17) is 4.52 Å². The molecule has 2 heterocycles. The first-order valence-electron chi connectivity index (χ1n) is 5.94. The third-order valence-corrected chi connectivity index (χ3v) is 3.13. The Bertz CT molecular complexity index is 338. The van der Waals surface area contributed by atoms with Gasteiger partial charge in [0.1, 0.15) is 6.10 Å². The molecule has 2 atom stereocenters. The molecule has 5 nitrogen and oxygen atoms in total. The van der Waals surface area contributed by atoms with E-state index < -0.39 is 6.10 Å². The molecule has 2 rings (SSSR count). The predicted molar refractivity (Wildman–Crippen MR) is 59.0 cm³/mol. The predicted octanol–water partition coefficient (Wildman–Crippen LogP) is 1.32. The average molecular weight is 225 g/mol. The van der Waals surface area contributed by atoms with Gasteiger partial charge in [-0.05, 0) is 32.9 Å². The van der Waals surface area contributed by atoms with Gasteiger partial charge in [-0.25, -0.2) is 0 Å². The van der Waals surface area contributed by atoms with Crippen LogP contribution in [0, 0.1) is 0 Å². The van der Waals surface area contributed by atoms with E-state index in [1.807, 2.05) is 0 Å². The molecule has 1 aromatic rings. The molecule has 0 aliphatic carbocycles. The van der Waals surface area contributed by atoms with Crippen LogP contribution in [-0.2, 0) is 0 Å². The van der Waals surface area contributed by atoms with Gasteiger partial charge in [-0.2, -0.15) is 4.98 Å². The molecule has 1 aromatic heterocycles. The summed E-state index contributed by atoms with van der Waals surface area (Å²) in [5.74, 6) is 1.42. The Morgan fingerprint density at radius 1 is 1.62 bits per heavy atom. The number of aromatic nitrogens is 2. The highest BCUT2D eigenvalue weighted by Gasteiger charge is 2.25. The van der Waals surface area contributed by atoms with Gasteiger partial charge < -0.3 is 14.5 Å². The first-order valence-corrected chi connectivity index (χ1v) is 5.94. The molecular weight excluding hydrogens is 206 g/mol. The smallest absolute Gasteiger partial charge is 0.255 e. The zero-order valence-corrected chi connectivity index (χ0v) is 9.89. The van der Waals surface area contributed by atoms with Gasteiger partial charge in [0.15, 0.2) is 5.82 Å². The average Bonchev–Trinajstić information content (AvgIpc) is 2.78. The van der Waals surface area contributed by atoms with Crippen LogP contribution in [0.25, 0.3) is 0 Å². The molecule has 0 radical (unpaired) electrons. The number of hydrogen-bond acceptors (Lipinski definition) is 5. The Balaban J connectivity index is 2.05. The lowest BCUT2D eigenvalue weighted by molar-refractivity contribution is 0.151. The van der Waals surface area contributed by atoms with Crippen molar-refractivity contribution in [3.63, 3.8) is 0 Å². The Kier molecular flexibility index (Phi) is 3.56. The van der Waals surface area contributed by atoms with Crippen molar-refractivity contribution in [1.29, 1.82) is 0 Å². The number of aliphatic hydroxyl groups is 1. The van der Waals surface area contributed by atoms with E-state index >= 15 is 0 Å². The molecule has 90 valence electrons. The summed E-state index contributed by atoms with van der Waals surface area (Å²) in [6, 6.07) is 0. The normalized spacial score (nSPS) is 24.6. The summed E-state index contributed by atoms with van der Waals surface area (Å²) in [4.78, 5) is 6.64. The summed E-state index contributed by atoms with van der Waals surface area (Å²) < 4.78 is 5.02. The van der Waals surface area contributed by atoms with Crippen molar-refractivity contribution in [2.75, 3.05) is 19.6 Å². The molecule has 16 heavy (non-hydrogen) atoms. The van der Waals surface area contributed by atoms with E-state index in [0.29, 0.717) is 11.8 Å². The van der Waals surface area contributed by atoms with Crippen LogP contribution in [0.4, 0.5) is 0 Å². The minimum absolute atomic E-state index is 0.323. The number of likely N-dealkylation sites (tertiary alicyclic amines) is 1. The maximum Gasteiger partial charge on any atom is 0.255 e. The molecule has 0 amide bonds. The third-order valence-electron chi connectivity index (χ3n) is 3.13. The van der Waals surface area contributed by atoms with Crippen LogP contribution in [0.1, 0.15) is 50.4 Å². The van der Waals surface area contributed by atoms with Gasteiger partial charge in [0.2, 0.25) is 0 Å². The molecule has 1 aliphatic heterocycles. The van der Waals surface area contributed by atoms with Crippen LogP contribution in [-0.4, -0.2) is 39.8 Å². The zero-order chi connectivity index (χ0) is 11.5. The molecule has 0 saturated carbocycles. The second-order valence-corrected chi connectivity index (χ2v) is 4.40. The van der Waals surface area contributed by atoms with Gasteiger partial charge in [0.25, 0.3) is 5.89 Å². The highest BCUT2D eigenvalue weighted by molar-refractivity contribution is 4.99. The van der Waals surface area contributed by atoms with Gasteiger partial charge in [-0.3, -0.25) is 0 Å². The first-order chi connectivity index (χ1) is 7.70. The van der Waals surface area contributed by atoms with Crippen LogP contribution in [0.3, 0.4) is 0 Å². The van der Waals surface area contributed by atoms with E-state index in [0.717, 1.165) is 31.9 Å². The van der Waals surface area contributed by atoms with Crippen LogP contribution in [0.15, 0.2) is 4.52 Å². The number of rotatable bonds is 3. The van der Waals surface area contributed by atoms with Crippen LogP contribution < -0.4 is 0 Å². The van der Waals surface area contributed by atoms with Gasteiger partial charge in [0.05, 0.1) is 0 Å². The zero-order valence-electron chi connectivity index (χ0n) is 9.89. The van der Waals surface area contributed by atoms with Crippen LogP contribution >= 0.6 is 0 Å². The minimum Gasteiger partial charge on any atom is -0.384 e. The van der Waals surface area contributed by atoms with Gasteiger partial charge in [-0.1, -0.05) is 12.1 Å². The Morgan fingerprint density at radius 2 is 2.44 bits per heavy atom. The Morgan fingerprint density at radius 3 is 3.06 bits per heavy atom. The molecule has 5 heteroatoms. The molecule has 0 aromatic carbocycles. The lowest BCUT2D eigenvalue weighted by Gasteiger charge is -2.29. The van der Waals surface area contributed by atoms with E-state index in [1.165, 1.54) is 6.42 Å². The van der Waals surface area contributed by atoms with Crippen molar-refractivity contribution < 1.29 is 9.63 Å². The summed E-state index contributed by atoms with van der Waals surface area (Å²) in [6.07, 6.45) is 1.61. The van der Waals surface area contributed by atoms with Crippen LogP contribution in [0.5, 0.6) is 0 Å². The second-order valence-electron chi connectivity index (χ2n) is 4.40. The van der Waals surface area contributed by atoms with Crippen molar-refractivity contribution >= 4 is 0 Å². The quantitative estimate of drug-likeness (QED) is 0.840. The topological polar surface area (TPSA) is 62.4 Å². The number of aliphatic hydroxyl groups excluding tert-OH is 1. The number of nitrogens with zero attached hydrogens (tertiary/aromatic N) is 3. The largest absolute Gasteiger partial charge is 0.384 e. The molecule has 0 spiro atoms. The molecule has 0 bridgehead atoms. The van der Waals surface area contributed by atoms with Crippen molar-refractivity contribution in [3.05, 3.63) is 11.7 Å². The molecule has 1 aliphatic rings. The fourth-order valence-electron chi connectivity index (χ4n) is 2.14. The van der Waals surface area contributed by atoms with E-state index in [9.17, 15) is 5.11 Å². The van der Waals surface area contributed by atoms with Gasteiger partial charge in [0, 0.05) is 12.5 Å². The van der Waals surface area contributed by atoms with E-state index in [-0.39, 0.29) is 0 Å². The number of piperidine rings is 1. The summed E-state index contributed by atoms with van der Waals surface area (Å²) in [5, 5.41) is 13.3. The SMILES string of the molecule is CCN1CCCC(c2noc(C(C)O)n2)C1. The highest BCUT2D eigenvalue weighted by Crippen LogP contribution is 2.25. The summed E-state index contributed by atoms with van der Waals surface area (Å²) in [6.45, 7) is 7.03. The molecule has 1 fully saturated rings. The minimum atomic E-state index is -0.674. The monoisotopic (exact) mass is 225 g/mol. The Labute approximate surface area is 95.4 Å². The fraction of sp³-hybridized carbons (Fsp3) is 0.818. The summed E-state index contributed by atoms with van der Waals surface area (Å²) >= 11 is 0. The van der Waals surface area contributed by atoms with Crippen molar-refractivity contribution in [3.8, 4) is 0 Å². The third kappa shape index (κ3) is 2.41. The van der Waals surface area contributed by atoms with Gasteiger partial charge in [-0.15, -0.1) is 0 Å². The summed E-state index contributed by atoms with van der Waals surface area (Å²) in [7, 11) is 0. The summed E-state index contributed by atoms with van der Waals surface area (Å²) in [5.41, 5.74) is 0. The van der Waals surface area contributed by atoms with Gasteiger partial charge >= 0.3 is 0 Å². The lowest BCUT2D eigenvalue weighted by Crippen LogP contribution is -2.34. The first kappa shape index (κ1) is 11.5. The number of hydrogen-bond donors (Lipinski definition) is 1. The Hall–Kier alpha value is -0.940. The molecule has 1 N–H and O–H groups in total. The van der Waals surface area contributed by atoms with Crippen molar-refractivity contribution in [2.24, 2.45) is 0 Å². The fourth-order valence-corrected chi connectivity index (χ4v) is 2.14. The molecular formula is C11H19N3O2. The highest BCUT2D eigenvalue weighted by atomic mass is 16.5. The number of likely N-dealkylation sites (N-methyl/N-ethyl adjacent to an activating group) is 1. The van der Waals surface area contributed by atoms with Crippen LogP contribution in [0.2, 0.25) is 0 Å². The maximum absolute atomic E-state index is 9.33. The van der Waals surface area contributed by atoms with Crippen molar-refractivity contribution in [2.45, 2.75) is 38.7 Å². The molecule has 1 saturated heterocycles. The molecule has 2 unspecified atom stereocenters. The lowest BCUT2D eigenvalue weighted by atomic mass is 9.97. The maximum atomic E-state index is 9.33. The van der Waals surface area contributed by atoms with E-state index in [2.05, 4.69) is 22.0 Å². The van der Waals surface area contributed by atoms with Crippen molar-refractivity contribution in [1.82, 2.24) is 15.0 Å². The van der Waals surface area contributed by atoms with E-state index in [1.54, 1.807) is 6.92 Å². The second kappa shape index (κ2) is 4.93.